The molecule has 0 aromatic carbocycles. The molecule has 0 bridgehead atoms. The minimum atomic E-state index is -4.25. The van der Waals surface area contributed by atoms with E-state index in [2.05, 4.69) is 9.97 Å². The predicted octanol–water partition coefficient (Wildman–Crippen LogP) is 0.685. The fraction of sp³-hybridized carbons (Fsp3) is 0.750. The van der Waals surface area contributed by atoms with Crippen LogP contribution < -0.4 is 5.56 Å². The van der Waals surface area contributed by atoms with Crippen LogP contribution in [0, 0.1) is 0 Å². The van der Waals surface area contributed by atoms with Crippen LogP contribution in [-0.4, -0.2) is 61.9 Å². The van der Waals surface area contributed by atoms with Gasteiger partial charge in [0.05, 0.1) is 23.6 Å². The maximum Gasteiger partial charge on any atom is 0.356 e. The topological polar surface area (TPSA) is 151 Å². The number of hydrogen-bond acceptors (Lipinski definition) is 8. The van der Waals surface area contributed by atoms with Crippen LogP contribution in [-0.2, 0) is 18.6 Å². The Balaban J connectivity index is 2.21. The first-order chi connectivity index (χ1) is 12.5. The molecule has 1 aromatic rings. The summed E-state index contributed by atoms with van der Waals surface area (Å²) in [6.45, 7) is 4.55. The molecule has 0 aliphatic carbocycles. The van der Waals surface area contributed by atoms with E-state index in [1.165, 1.54) is 20.2 Å². The number of rotatable bonds is 8. The molecule has 0 amide bonds. The Morgan fingerprint density at radius 3 is 2.67 bits per heavy atom. The summed E-state index contributed by atoms with van der Waals surface area (Å²) in [6, 6.07) is 0. The highest BCUT2D eigenvalue weighted by molar-refractivity contribution is 7.53. The van der Waals surface area contributed by atoms with Gasteiger partial charge in [-0.15, -0.1) is 0 Å². The molecule has 11 heteroatoms. The van der Waals surface area contributed by atoms with Crippen molar-refractivity contribution in [2.24, 2.45) is 0 Å². The third-order valence-corrected chi connectivity index (χ3v) is 6.45. The van der Waals surface area contributed by atoms with Gasteiger partial charge in [-0.3, -0.25) is 14.3 Å². The maximum absolute atomic E-state index is 12.1. The van der Waals surface area contributed by atoms with Gasteiger partial charge in [-0.1, -0.05) is 6.92 Å². The van der Waals surface area contributed by atoms with Crippen molar-refractivity contribution in [2.75, 3.05) is 7.11 Å². The molecule has 154 valence electrons. The lowest BCUT2D eigenvalue weighted by atomic mass is 9.92. The average molecular weight is 406 g/mol. The number of ether oxygens (including phenoxy) is 2. The summed E-state index contributed by atoms with van der Waals surface area (Å²) < 4.78 is 28.7. The van der Waals surface area contributed by atoms with Gasteiger partial charge in [0.15, 0.2) is 5.85 Å². The van der Waals surface area contributed by atoms with Crippen molar-refractivity contribution in [1.82, 2.24) is 9.97 Å². The van der Waals surface area contributed by atoms with Crippen LogP contribution in [0.5, 0.6) is 0 Å². The summed E-state index contributed by atoms with van der Waals surface area (Å²) in [7, 11) is -2.83. The van der Waals surface area contributed by atoms with Crippen molar-refractivity contribution in [3.8, 4) is 0 Å². The number of methoxy groups -OCH3 is 1. The van der Waals surface area contributed by atoms with E-state index in [-0.39, 0.29) is 12.0 Å². The van der Waals surface area contributed by atoms with Gasteiger partial charge < -0.3 is 34.1 Å². The first-order valence-corrected chi connectivity index (χ1v) is 10.3. The van der Waals surface area contributed by atoms with Crippen LogP contribution in [0.4, 0.5) is 0 Å². The number of aliphatic hydroxyl groups excluding tert-OH is 2. The van der Waals surface area contributed by atoms with Gasteiger partial charge in [-0.05, 0) is 20.3 Å². The minimum Gasteiger partial charge on any atom is -0.388 e. The van der Waals surface area contributed by atoms with Crippen molar-refractivity contribution >= 4 is 7.60 Å². The van der Waals surface area contributed by atoms with Gasteiger partial charge >= 0.3 is 7.60 Å². The third kappa shape index (κ3) is 5.03. The smallest absolute Gasteiger partial charge is 0.356 e. The van der Waals surface area contributed by atoms with Gasteiger partial charge in [0.25, 0.3) is 5.56 Å². The first-order valence-electron chi connectivity index (χ1n) is 8.65. The van der Waals surface area contributed by atoms with E-state index in [9.17, 15) is 24.5 Å². The standard InChI is InChI=1S/C16H27N2O8P/c1-5-16(3,26-27(22,23)9(2)19)6-11-13(21)15(24-4)14(25-11)10-7-18-12(20)8-17-10/h7-9,11,13-15,19,21H,5-6H2,1-4H3,(H,18,20)(H,22,23)/t9?,11-,13?,14+,15+,16?/m1/s1. The molecule has 1 aromatic heterocycles. The fourth-order valence-electron chi connectivity index (χ4n) is 2.98. The second kappa shape index (κ2) is 8.48. The summed E-state index contributed by atoms with van der Waals surface area (Å²) in [4.78, 5) is 27.6. The number of nitrogens with zero attached hydrogens (tertiary/aromatic N) is 1. The van der Waals surface area contributed by atoms with Crippen LogP contribution in [0.2, 0.25) is 0 Å². The Kier molecular flexibility index (Phi) is 6.96. The zero-order valence-electron chi connectivity index (χ0n) is 15.7. The normalized spacial score (nSPS) is 31.2. The Morgan fingerprint density at radius 2 is 2.19 bits per heavy atom. The maximum atomic E-state index is 12.1. The predicted molar refractivity (Wildman–Crippen MR) is 95.2 cm³/mol. The number of hydrogen-bond donors (Lipinski definition) is 4. The van der Waals surface area contributed by atoms with Gasteiger partial charge in [-0.25, -0.2) is 0 Å². The highest BCUT2D eigenvalue weighted by Gasteiger charge is 2.49. The van der Waals surface area contributed by atoms with Crippen LogP contribution in [0.15, 0.2) is 17.2 Å². The van der Waals surface area contributed by atoms with Crippen LogP contribution >= 0.6 is 7.60 Å². The van der Waals surface area contributed by atoms with E-state index in [0.29, 0.717) is 12.1 Å². The van der Waals surface area contributed by atoms with Crippen molar-refractivity contribution < 1.29 is 33.7 Å². The minimum absolute atomic E-state index is 0.0850. The highest BCUT2D eigenvalue weighted by Crippen LogP contribution is 2.52. The number of aromatic amines is 1. The molecule has 0 spiro atoms. The van der Waals surface area contributed by atoms with Crippen LogP contribution in [0.1, 0.15) is 45.4 Å². The lowest BCUT2D eigenvalue weighted by Crippen LogP contribution is -2.39. The first kappa shape index (κ1) is 22.2. The largest absolute Gasteiger partial charge is 0.388 e. The van der Waals surface area contributed by atoms with Gasteiger partial charge in [0, 0.05) is 19.7 Å². The summed E-state index contributed by atoms with van der Waals surface area (Å²) in [5, 5.41) is 20.1. The van der Waals surface area contributed by atoms with Crippen molar-refractivity contribution in [2.45, 2.75) is 69.5 Å². The summed E-state index contributed by atoms with van der Waals surface area (Å²) in [5.41, 5.74) is -1.11. The molecule has 1 aliphatic heterocycles. The average Bonchev–Trinajstić information content (AvgIpc) is 2.90. The summed E-state index contributed by atoms with van der Waals surface area (Å²) in [5.74, 6) is -1.54. The molecule has 0 saturated carbocycles. The van der Waals surface area contributed by atoms with E-state index < -0.39 is 43.5 Å². The van der Waals surface area contributed by atoms with E-state index >= 15 is 0 Å². The number of nitrogens with one attached hydrogen (secondary N) is 1. The lowest BCUT2D eigenvalue weighted by molar-refractivity contribution is -0.0498. The Labute approximate surface area is 157 Å². The van der Waals surface area contributed by atoms with Crippen molar-refractivity contribution in [1.29, 1.82) is 0 Å². The molecule has 1 saturated heterocycles. The molecule has 4 N–H and O–H groups in total. The SMILES string of the molecule is CCC(C)(C[C@H]1O[C@@H](c2c[nH]c(=O)cn2)[C@@H](OC)C1O)OP(=O)(O)C(C)O. The number of aromatic nitrogens is 2. The molecule has 4 unspecified atom stereocenters. The van der Waals surface area contributed by atoms with Crippen molar-refractivity contribution in [3.05, 3.63) is 28.4 Å². The summed E-state index contributed by atoms with van der Waals surface area (Å²) in [6.07, 6.45) is -0.371. The number of H-pyrrole nitrogens is 1. The molecule has 10 nitrogen and oxygen atoms in total. The molecule has 0 radical (unpaired) electrons. The zero-order chi connectivity index (χ0) is 20.4. The zero-order valence-corrected chi connectivity index (χ0v) is 16.6. The summed E-state index contributed by atoms with van der Waals surface area (Å²) >= 11 is 0. The van der Waals surface area contributed by atoms with E-state index in [1.807, 2.05) is 0 Å². The van der Waals surface area contributed by atoms with Gasteiger partial charge in [-0.2, -0.15) is 0 Å². The molecule has 27 heavy (non-hydrogen) atoms. The Bertz CT molecular complexity index is 721. The fourth-order valence-corrected chi connectivity index (χ4v) is 3.97. The quantitative estimate of drug-likeness (QED) is 0.457. The Morgan fingerprint density at radius 1 is 1.52 bits per heavy atom. The third-order valence-electron chi connectivity index (χ3n) is 4.80. The van der Waals surface area contributed by atoms with Crippen molar-refractivity contribution in [3.63, 3.8) is 0 Å². The van der Waals surface area contributed by atoms with E-state index in [4.69, 9.17) is 14.0 Å². The lowest BCUT2D eigenvalue weighted by Gasteiger charge is -2.34. The van der Waals surface area contributed by atoms with Gasteiger partial charge in [0.1, 0.15) is 18.3 Å². The molecular formula is C16H27N2O8P. The van der Waals surface area contributed by atoms with Crippen LogP contribution in [0.25, 0.3) is 0 Å². The molecular weight excluding hydrogens is 379 g/mol. The molecule has 1 fully saturated rings. The highest BCUT2D eigenvalue weighted by atomic mass is 31.2. The Hall–Kier alpha value is -1.13. The molecule has 2 rings (SSSR count). The monoisotopic (exact) mass is 406 g/mol. The second-order valence-corrected chi connectivity index (χ2v) is 8.98. The van der Waals surface area contributed by atoms with Gasteiger partial charge in [0.2, 0.25) is 0 Å². The molecule has 7 atom stereocenters. The molecule has 1 aliphatic rings. The molecule has 2 heterocycles. The number of aliphatic hydroxyl groups is 2. The van der Waals surface area contributed by atoms with E-state index in [1.54, 1.807) is 13.8 Å². The van der Waals surface area contributed by atoms with Crippen LogP contribution in [0.3, 0.4) is 0 Å². The second-order valence-electron chi connectivity index (χ2n) is 6.92. The van der Waals surface area contributed by atoms with E-state index in [0.717, 1.165) is 6.20 Å².